The van der Waals surface area contributed by atoms with E-state index in [4.69, 9.17) is 20.2 Å². The average Bonchev–Trinajstić information content (AvgIpc) is 3.10. The number of rotatable bonds is 6. The first-order chi connectivity index (χ1) is 14.5. The lowest BCUT2D eigenvalue weighted by atomic mass is 10.1. The van der Waals surface area contributed by atoms with Gasteiger partial charge >= 0.3 is 0 Å². The molecule has 1 aromatic carbocycles. The van der Waals surface area contributed by atoms with Crippen LogP contribution in [0.5, 0.6) is 11.5 Å². The van der Waals surface area contributed by atoms with Gasteiger partial charge in [-0.05, 0) is 37.6 Å². The highest BCUT2D eigenvalue weighted by atomic mass is 16.5. The second-order valence-electron chi connectivity index (χ2n) is 7.48. The van der Waals surface area contributed by atoms with Crippen LogP contribution in [0.1, 0.15) is 19.0 Å². The quantitative estimate of drug-likeness (QED) is 0.660. The van der Waals surface area contributed by atoms with Crippen LogP contribution in [-0.2, 0) is 0 Å². The van der Waals surface area contributed by atoms with E-state index < -0.39 is 0 Å². The van der Waals surface area contributed by atoms with Gasteiger partial charge in [0.15, 0.2) is 17.1 Å². The van der Waals surface area contributed by atoms with Gasteiger partial charge < -0.3 is 20.1 Å². The van der Waals surface area contributed by atoms with Crippen LogP contribution in [0.25, 0.3) is 16.8 Å². The molecule has 1 saturated heterocycles. The van der Waals surface area contributed by atoms with Crippen LogP contribution >= 0.6 is 0 Å². The summed E-state index contributed by atoms with van der Waals surface area (Å²) in [5, 5.41) is 4.58. The Labute approximate surface area is 176 Å². The molecule has 2 N–H and O–H groups in total. The Kier molecular flexibility index (Phi) is 5.63. The van der Waals surface area contributed by atoms with Crippen LogP contribution in [0.2, 0.25) is 0 Å². The molecule has 2 aromatic heterocycles. The van der Waals surface area contributed by atoms with Gasteiger partial charge in [-0.25, -0.2) is 0 Å². The first kappa shape index (κ1) is 20.2. The van der Waals surface area contributed by atoms with Crippen molar-refractivity contribution in [3.8, 4) is 22.6 Å². The number of aromatic nitrogens is 4. The van der Waals surface area contributed by atoms with E-state index in [0.29, 0.717) is 29.0 Å². The number of anilines is 2. The molecule has 9 nitrogen and oxygen atoms in total. The molecule has 9 heteroatoms. The summed E-state index contributed by atoms with van der Waals surface area (Å²) in [5.74, 6) is 2.32. The van der Waals surface area contributed by atoms with E-state index in [9.17, 15) is 0 Å². The number of piperazine rings is 1. The van der Waals surface area contributed by atoms with Crippen molar-refractivity contribution in [2.45, 2.75) is 20.3 Å². The van der Waals surface area contributed by atoms with Crippen LogP contribution in [-0.4, -0.2) is 71.4 Å². The standard InChI is InChI=1S/C21H29N7O2/c1-5-8-26-9-11-27(12-10-26)21-23-19-18(14(2)25-28(19)20(22)24-21)15-6-7-16(29-3)17(13-15)30-4/h6-7,13H,5,8-12H2,1-4H3,(H2,22,23,24). The largest absolute Gasteiger partial charge is 0.493 e. The Morgan fingerprint density at radius 1 is 1.03 bits per heavy atom. The van der Waals surface area contributed by atoms with Crippen LogP contribution in [0.4, 0.5) is 11.9 Å². The number of fused-ring (bicyclic) bond motifs is 1. The Balaban J connectivity index is 1.74. The van der Waals surface area contributed by atoms with Crippen LogP contribution in [0, 0.1) is 6.92 Å². The number of nitrogen functional groups attached to an aromatic ring is 1. The summed E-state index contributed by atoms with van der Waals surface area (Å²) in [6, 6.07) is 5.80. The summed E-state index contributed by atoms with van der Waals surface area (Å²) in [4.78, 5) is 14.1. The number of benzene rings is 1. The molecule has 0 bridgehead atoms. The summed E-state index contributed by atoms with van der Waals surface area (Å²) < 4.78 is 12.5. The van der Waals surface area contributed by atoms with Gasteiger partial charge in [0.25, 0.3) is 0 Å². The molecular formula is C21H29N7O2. The van der Waals surface area contributed by atoms with Crippen molar-refractivity contribution in [1.29, 1.82) is 0 Å². The minimum absolute atomic E-state index is 0.334. The number of methoxy groups -OCH3 is 2. The third kappa shape index (κ3) is 3.60. The van der Waals surface area contributed by atoms with E-state index in [1.807, 2.05) is 25.1 Å². The van der Waals surface area contributed by atoms with E-state index in [1.165, 1.54) is 6.42 Å². The summed E-state index contributed by atoms with van der Waals surface area (Å²) in [6.07, 6.45) is 1.17. The maximum absolute atomic E-state index is 6.27. The molecule has 0 aliphatic carbocycles. The lowest BCUT2D eigenvalue weighted by molar-refractivity contribution is 0.257. The first-order valence-electron chi connectivity index (χ1n) is 10.3. The van der Waals surface area contributed by atoms with E-state index in [1.54, 1.807) is 18.7 Å². The average molecular weight is 412 g/mol. The monoisotopic (exact) mass is 411 g/mol. The smallest absolute Gasteiger partial charge is 0.230 e. The third-order valence-corrected chi connectivity index (χ3v) is 5.54. The Hall–Kier alpha value is -3.07. The van der Waals surface area contributed by atoms with Gasteiger partial charge in [-0.15, -0.1) is 0 Å². The summed E-state index contributed by atoms with van der Waals surface area (Å²) in [5.41, 5.74) is 9.64. The molecular weight excluding hydrogens is 382 g/mol. The Morgan fingerprint density at radius 3 is 2.43 bits per heavy atom. The van der Waals surface area contributed by atoms with Crippen molar-refractivity contribution in [3.05, 3.63) is 23.9 Å². The summed E-state index contributed by atoms with van der Waals surface area (Å²) in [6.45, 7) is 9.06. The maximum atomic E-state index is 6.27. The Morgan fingerprint density at radius 2 is 1.77 bits per heavy atom. The lowest BCUT2D eigenvalue weighted by Crippen LogP contribution is -2.47. The predicted octanol–water partition coefficient (Wildman–Crippen LogP) is 2.23. The van der Waals surface area contributed by atoms with Crippen molar-refractivity contribution in [3.63, 3.8) is 0 Å². The minimum Gasteiger partial charge on any atom is -0.493 e. The number of hydrogen-bond donors (Lipinski definition) is 1. The van der Waals surface area contributed by atoms with E-state index in [0.717, 1.165) is 49.5 Å². The summed E-state index contributed by atoms with van der Waals surface area (Å²) in [7, 11) is 3.25. The highest BCUT2D eigenvalue weighted by Crippen LogP contribution is 2.35. The molecule has 0 amide bonds. The highest BCUT2D eigenvalue weighted by Gasteiger charge is 2.23. The maximum Gasteiger partial charge on any atom is 0.230 e. The molecule has 1 fully saturated rings. The van der Waals surface area contributed by atoms with Crippen molar-refractivity contribution in [1.82, 2.24) is 24.5 Å². The van der Waals surface area contributed by atoms with E-state index in [-0.39, 0.29) is 0 Å². The molecule has 1 aliphatic heterocycles. The number of ether oxygens (including phenoxy) is 2. The van der Waals surface area contributed by atoms with Gasteiger partial charge in [-0.3, -0.25) is 4.90 Å². The highest BCUT2D eigenvalue weighted by molar-refractivity contribution is 5.82. The molecule has 4 rings (SSSR count). The van der Waals surface area contributed by atoms with E-state index >= 15 is 0 Å². The molecule has 3 heterocycles. The number of nitrogens with two attached hydrogens (primary N) is 1. The molecule has 0 atom stereocenters. The molecule has 0 unspecified atom stereocenters. The van der Waals surface area contributed by atoms with Crippen molar-refractivity contribution >= 4 is 17.5 Å². The molecule has 160 valence electrons. The second-order valence-corrected chi connectivity index (χ2v) is 7.48. The SMILES string of the molecule is CCCN1CCN(c2nc(N)n3nc(C)c(-c4ccc(OC)c(OC)c4)c3n2)CC1. The van der Waals surface area contributed by atoms with E-state index in [2.05, 4.69) is 26.8 Å². The van der Waals surface area contributed by atoms with Crippen molar-refractivity contribution in [2.75, 3.05) is 57.6 Å². The number of nitrogens with zero attached hydrogens (tertiary/aromatic N) is 6. The molecule has 30 heavy (non-hydrogen) atoms. The van der Waals surface area contributed by atoms with Gasteiger partial charge in [0.2, 0.25) is 11.9 Å². The molecule has 3 aromatic rings. The number of hydrogen-bond acceptors (Lipinski definition) is 8. The summed E-state index contributed by atoms with van der Waals surface area (Å²) >= 11 is 0. The van der Waals surface area contributed by atoms with Crippen LogP contribution in [0.3, 0.4) is 0 Å². The molecule has 0 spiro atoms. The van der Waals surface area contributed by atoms with Crippen LogP contribution < -0.4 is 20.1 Å². The zero-order valence-corrected chi connectivity index (χ0v) is 18.1. The lowest BCUT2D eigenvalue weighted by Gasteiger charge is -2.34. The van der Waals surface area contributed by atoms with Gasteiger partial charge in [0.1, 0.15) is 0 Å². The third-order valence-electron chi connectivity index (χ3n) is 5.54. The zero-order chi connectivity index (χ0) is 21.3. The first-order valence-corrected chi connectivity index (χ1v) is 10.3. The molecule has 1 aliphatic rings. The zero-order valence-electron chi connectivity index (χ0n) is 18.1. The van der Waals surface area contributed by atoms with Crippen molar-refractivity contribution < 1.29 is 9.47 Å². The number of aryl methyl sites for hydroxylation is 1. The second kappa shape index (κ2) is 8.35. The predicted molar refractivity (Wildman–Crippen MR) is 117 cm³/mol. The van der Waals surface area contributed by atoms with Gasteiger partial charge in [-0.2, -0.15) is 19.6 Å². The molecule has 0 saturated carbocycles. The minimum atomic E-state index is 0.334. The fourth-order valence-corrected chi connectivity index (χ4v) is 4.01. The fraction of sp³-hybridized carbons (Fsp3) is 0.476. The fourth-order valence-electron chi connectivity index (χ4n) is 4.01. The van der Waals surface area contributed by atoms with Crippen molar-refractivity contribution in [2.24, 2.45) is 0 Å². The van der Waals surface area contributed by atoms with Gasteiger partial charge in [-0.1, -0.05) is 13.0 Å². The van der Waals surface area contributed by atoms with Gasteiger partial charge in [0, 0.05) is 31.7 Å². The normalized spacial score (nSPS) is 15.0. The Bertz CT molecular complexity index is 1040. The molecule has 0 radical (unpaired) electrons. The topological polar surface area (TPSA) is 94.0 Å². The van der Waals surface area contributed by atoms with Crippen LogP contribution in [0.15, 0.2) is 18.2 Å². The van der Waals surface area contributed by atoms with Gasteiger partial charge in [0.05, 0.1) is 19.9 Å².